The number of nitrogens with one attached hydrogen (secondary N) is 2. The molecule has 0 fully saturated rings. The molecule has 0 aliphatic rings. The van der Waals surface area contributed by atoms with Crippen LogP contribution in [-0.2, 0) is 9.59 Å². The average molecular weight is 399 g/mol. The molecule has 2 amide bonds. The van der Waals surface area contributed by atoms with Gasteiger partial charge in [-0.1, -0.05) is 51.1 Å². The van der Waals surface area contributed by atoms with Gasteiger partial charge in [0.2, 0.25) is 0 Å². The Kier molecular flexibility index (Phi) is 8.52. The van der Waals surface area contributed by atoms with E-state index < -0.39 is 17.9 Å². The van der Waals surface area contributed by atoms with Gasteiger partial charge < -0.3 is 9.47 Å². The van der Waals surface area contributed by atoms with Crippen molar-refractivity contribution in [3.05, 3.63) is 59.7 Å². The fraction of sp³-hybridized carbons (Fsp3) is 0.391. The highest BCUT2D eigenvalue weighted by molar-refractivity contribution is 5.85. The molecule has 2 N–H and O–H groups in total. The summed E-state index contributed by atoms with van der Waals surface area (Å²) in [6.45, 7) is 7.84. The summed E-state index contributed by atoms with van der Waals surface area (Å²) in [5.41, 5.74) is 6.90. The van der Waals surface area contributed by atoms with Crippen LogP contribution in [0.1, 0.15) is 50.7 Å². The molecule has 6 nitrogen and oxygen atoms in total. The van der Waals surface area contributed by atoms with Crippen LogP contribution in [-0.4, -0.2) is 24.5 Å². The zero-order chi connectivity index (χ0) is 21.2. The van der Waals surface area contributed by atoms with Gasteiger partial charge in [-0.2, -0.15) is 0 Å². The smallest absolute Gasteiger partial charge is 0.279 e. The summed E-state index contributed by atoms with van der Waals surface area (Å²) in [5.74, 6) is 0.760. The molecule has 2 unspecified atom stereocenters. The summed E-state index contributed by atoms with van der Waals surface area (Å²) in [7, 11) is 0. The third-order valence-electron chi connectivity index (χ3n) is 4.68. The third-order valence-corrected chi connectivity index (χ3v) is 4.68. The lowest BCUT2D eigenvalue weighted by molar-refractivity contribution is -0.134. The molecule has 29 heavy (non-hydrogen) atoms. The van der Waals surface area contributed by atoms with Crippen molar-refractivity contribution in [2.75, 3.05) is 6.61 Å². The predicted octanol–water partition coefficient (Wildman–Crippen LogP) is 3.89. The second-order valence-electron chi connectivity index (χ2n) is 7.00. The molecular formula is C23H30N2O4. The standard InChI is InChI=1S/C23H30N2O4/c1-5-17(4)19-12-7-8-13-21(19)29-20(6-2)23(27)25-24-22(26)15-28-18-11-9-10-16(3)14-18/h7-14,17,20H,5-6,15H2,1-4H3,(H,24,26)(H,25,27). The molecule has 6 heteroatoms. The van der Waals surface area contributed by atoms with Crippen LogP contribution in [0.3, 0.4) is 0 Å². The second kappa shape index (κ2) is 11.1. The third kappa shape index (κ3) is 6.82. The zero-order valence-electron chi connectivity index (χ0n) is 17.5. The summed E-state index contributed by atoms with van der Waals surface area (Å²) in [5, 5.41) is 0. The molecule has 0 saturated heterocycles. The van der Waals surface area contributed by atoms with Crippen molar-refractivity contribution in [3.63, 3.8) is 0 Å². The molecule has 0 aromatic heterocycles. The van der Waals surface area contributed by atoms with E-state index in [9.17, 15) is 9.59 Å². The number of rotatable bonds is 9. The van der Waals surface area contributed by atoms with E-state index in [4.69, 9.17) is 9.47 Å². The lowest BCUT2D eigenvalue weighted by atomic mass is 9.98. The minimum absolute atomic E-state index is 0.196. The average Bonchev–Trinajstić information content (AvgIpc) is 2.74. The number of para-hydroxylation sites is 1. The molecule has 0 saturated carbocycles. The fourth-order valence-corrected chi connectivity index (χ4v) is 2.79. The number of amides is 2. The van der Waals surface area contributed by atoms with Crippen LogP contribution >= 0.6 is 0 Å². The molecule has 0 aliphatic heterocycles. The molecular weight excluding hydrogens is 368 g/mol. The number of hydrogen-bond donors (Lipinski definition) is 2. The Bertz CT molecular complexity index is 822. The number of aryl methyl sites for hydroxylation is 1. The summed E-state index contributed by atoms with van der Waals surface area (Å²) < 4.78 is 11.4. The Morgan fingerprint density at radius 2 is 1.76 bits per heavy atom. The molecule has 2 atom stereocenters. The van der Waals surface area contributed by atoms with Gasteiger partial charge in [0.05, 0.1) is 0 Å². The first kappa shape index (κ1) is 22.3. The van der Waals surface area contributed by atoms with Crippen LogP contribution in [0.2, 0.25) is 0 Å². The SMILES string of the molecule is CCC(Oc1ccccc1C(C)CC)C(=O)NNC(=O)COc1cccc(C)c1. The van der Waals surface area contributed by atoms with E-state index in [1.54, 1.807) is 6.07 Å². The van der Waals surface area contributed by atoms with E-state index in [1.165, 1.54) is 0 Å². The Balaban J connectivity index is 1.87. The van der Waals surface area contributed by atoms with Crippen LogP contribution in [0, 0.1) is 6.92 Å². The summed E-state index contributed by atoms with van der Waals surface area (Å²) in [6.07, 6.45) is 0.731. The van der Waals surface area contributed by atoms with E-state index in [0.717, 1.165) is 17.5 Å². The van der Waals surface area contributed by atoms with Crippen LogP contribution in [0.25, 0.3) is 0 Å². The van der Waals surface area contributed by atoms with Gasteiger partial charge in [0.15, 0.2) is 12.7 Å². The highest BCUT2D eigenvalue weighted by atomic mass is 16.5. The number of hydrogen-bond acceptors (Lipinski definition) is 4. The second-order valence-corrected chi connectivity index (χ2v) is 7.00. The molecule has 0 aliphatic carbocycles. The molecule has 156 valence electrons. The highest BCUT2D eigenvalue weighted by Crippen LogP contribution is 2.29. The van der Waals surface area contributed by atoms with Crippen molar-refractivity contribution in [1.29, 1.82) is 0 Å². The van der Waals surface area contributed by atoms with Crippen LogP contribution in [0.5, 0.6) is 11.5 Å². The topological polar surface area (TPSA) is 76.7 Å². The first-order valence-electron chi connectivity index (χ1n) is 9.98. The summed E-state index contributed by atoms with van der Waals surface area (Å²) in [4.78, 5) is 24.4. The maximum absolute atomic E-state index is 12.5. The number of benzene rings is 2. The monoisotopic (exact) mass is 398 g/mol. The first-order valence-corrected chi connectivity index (χ1v) is 9.98. The van der Waals surface area contributed by atoms with Crippen molar-refractivity contribution in [2.45, 2.75) is 52.6 Å². The maximum atomic E-state index is 12.5. The van der Waals surface area contributed by atoms with Gasteiger partial charge in [-0.3, -0.25) is 20.4 Å². The van der Waals surface area contributed by atoms with E-state index in [0.29, 0.717) is 23.8 Å². The molecule has 0 spiro atoms. The van der Waals surface area contributed by atoms with Gasteiger partial charge in [0.1, 0.15) is 11.5 Å². The normalized spacial score (nSPS) is 12.6. The van der Waals surface area contributed by atoms with E-state index in [1.807, 2.05) is 56.3 Å². The van der Waals surface area contributed by atoms with Gasteiger partial charge >= 0.3 is 0 Å². The maximum Gasteiger partial charge on any atom is 0.279 e. The quantitative estimate of drug-likeness (QED) is 0.628. The van der Waals surface area contributed by atoms with Gasteiger partial charge in [-0.15, -0.1) is 0 Å². The predicted molar refractivity (Wildman–Crippen MR) is 113 cm³/mol. The number of carbonyl (C=O) groups excluding carboxylic acids is 2. The van der Waals surface area contributed by atoms with Crippen LogP contribution < -0.4 is 20.3 Å². The van der Waals surface area contributed by atoms with Crippen molar-refractivity contribution in [1.82, 2.24) is 10.9 Å². The van der Waals surface area contributed by atoms with Gasteiger partial charge in [-0.25, -0.2) is 0 Å². The van der Waals surface area contributed by atoms with E-state index >= 15 is 0 Å². The summed E-state index contributed by atoms with van der Waals surface area (Å²) >= 11 is 0. The fourth-order valence-electron chi connectivity index (χ4n) is 2.79. The largest absolute Gasteiger partial charge is 0.484 e. The lowest BCUT2D eigenvalue weighted by Crippen LogP contribution is -2.49. The molecule has 0 heterocycles. The van der Waals surface area contributed by atoms with E-state index in [2.05, 4.69) is 24.7 Å². The van der Waals surface area contributed by atoms with Crippen molar-refractivity contribution in [3.8, 4) is 11.5 Å². The van der Waals surface area contributed by atoms with Crippen LogP contribution in [0.15, 0.2) is 48.5 Å². The molecule has 2 aromatic rings. The van der Waals surface area contributed by atoms with Crippen molar-refractivity contribution >= 4 is 11.8 Å². The van der Waals surface area contributed by atoms with Crippen molar-refractivity contribution in [2.24, 2.45) is 0 Å². The molecule has 2 rings (SSSR count). The molecule has 0 radical (unpaired) electrons. The van der Waals surface area contributed by atoms with Gasteiger partial charge in [-0.05, 0) is 55.0 Å². The number of carbonyl (C=O) groups is 2. The van der Waals surface area contributed by atoms with E-state index in [-0.39, 0.29) is 6.61 Å². The minimum Gasteiger partial charge on any atom is -0.484 e. The molecule has 0 bridgehead atoms. The Labute approximate surface area is 172 Å². The van der Waals surface area contributed by atoms with Crippen molar-refractivity contribution < 1.29 is 19.1 Å². The Morgan fingerprint density at radius 1 is 1.00 bits per heavy atom. The number of hydrazine groups is 1. The highest BCUT2D eigenvalue weighted by Gasteiger charge is 2.21. The van der Waals surface area contributed by atoms with Gasteiger partial charge in [0.25, 0.3) is 11.8 Å². The lowest BCUT2D eigenvalue weighted by Gasteiger charge is -2.21. The Morgan fingerprint density at radius 3 is 2.45 bits per heavy atom. The summed E-state index contributed by atoms with van der Waals surface area (Å²) in [6, 6.07) is 15.1. The van der Waals surface area contributed by atoms with Gasteiger partial charge in [0, 0.05) is 0 Å². The molecule has 2 aromatic carbocycles. The first-order chi connectivity index (χ1) is 13.9. The zero-order valence-corrected chi connectivity index (χ0v) is 17.5. The Hall–Kier alpha value is -3.02. The van der Waals surface area contributed by atoms with Crippen LogP contribution in [0.4, 0.5) is 0 Å². The number of ether oxygens (including phenoxy) is 2. The minimum atomic E-state index is -0.710.